The quantitative estimate of drug-likeness (QED) is 0.458. The van der Waals surface area contributed by atoms with Gasteiger partial charge in [-0.25, -0.2) is 4.39 Å². The molecule has 3 aliphatic rings. The molecule has 11 heteroatoms. The second-order valence-electron chi connectivity index (χ2n) is 9.83. The van der Waals surface area contributed by atoms with Crippen LogP contribution in [0.3, 0.4) is 0 Å². The van der Waals surface area contributed by atoms with Crippen molar-refractivity contribution in [2.45, 2.75) is 50.0 Å². The van der Waals surface area contributed by atoms with Crippen LogP contribution in [0.4, 0.5) is 10.1 Å². The van der Waals surface area contributed by atoms with Gasteiger partial charge in [0.15, 0.2) is 6.29 Å². The Bertz CT molecular complexity index is 1450. The highest BCUT2D eigenvalue weighted by molar-refractivity contribution is 7.99. The minimum atomic E-state index is -1.52. The fourth-order valence-corrected chi connectivity index (χ4v) is 6.24. The summed E-state index contributed by atoms with van der Waals surface area (Å²) in [7, 11) is 1.41. The van der Waals surface area contributed by atoms with E-state index in [1.807, 2.05) is 6.08 Å². The van der Waals surface area contributed by atoms with Crippen molar-refractivity contribution in [2.24, 2.45) is 10.4 Å². The average molecular weight is 542 g/mol. The van der Waals surface area contributed by atoms with Gasteiger partial charge in [0.1, 0.15) is 11.9 Å². The molecule has 5 rings (SSSR count). The van der Waals surface area contributed by atoms with Crippen LogP contribution in [0.5, 0.6) is 0 Å². The van der Waals surface area contributed by atoms with E-state index < -0.39 is 28.9 Å². The third-order valence-corrected chi connectivity index (χ3v) is 8.78. The number of hydrogen-bond donors (Lipinski definition) is 3. The van der Waals surface area contributed by atoms with E-state index in [1.165, 1.54) is 41.8 Å². The molecular weight excluding hydrogens is 513 g/mol. The molecule has 1 aromatic carbocycles. The topological polar surface area (TPSA) is 130 Å². The number of thioether (sulfide) groups is 1. The number of ether oxygens (including phenoxy) is 1. The molecule has 2 unspecified atom stereocenters. The van der Waals surface area contributed by atoms with E-state index in [2.05, 4.69) is 10.3 Å². The first kappa shape index (κ1) is 26.5. The number of nitrogens with one attached hydrogen (secondary N) is 1. The molecule has 9 nitrogen and oxygen atoms in total. The van der Waals surface area contributed by atoms with Gasteiger partial charge in [-0.1, -0.05) is 6.08 Å². The number of nitrogens with zero attached hydrogens (tertiary/aromatic N) is 2. The fraction of sp³-hybridized carbons (Fsp3) is 0.407. The first-order chi connectivity index (χ1) is 18.2. The summed E-state index contributed by atoms with van der Waals surface area (Å²) in [5, 5.41) is 23.1. The maximum Gasteiger partial charge on any atom is 0.257 e. The number of hydrogen-bond acceptors (Lipinski definition) is 8. The molecule has 1 amide bonds. The van der Waals surface area contributed by atoms with Gasteiger partial charge in [-0.2, -0.15) is 0 Å². The van der Waals surface area contributed by atoms with Crippen LogP contribution in [0.15, 0.2) is 32.9 Å². The monoisotopic (exact) mass is 541 g/mol. The third-order valence-electron chi connectivity index (χ3n) is 7.48. The second-order valence-corrected chi connectivity index (χ2v) is 10.9. The lowest BCUT2D eigenvalue weighted by molar-refractivity contribution is -0.128. The number of amides is 1. The predicted octanol–water partition coefficient (Wildman–Crippen LogP) is 2.19. The van der Waals surface area contributed by atoms with Crippen LogP contribution in [0.2, 0.25) is 0 Å². The van der Waals surface area contributed by atoms with E-state index >= 15 is 0 Å². The standard InChI is InChI=1S/C27H28FN3O6S/c1-14-19(28)8-20-23-16(21(12-38-24(14)23)30-26(36)27(13-33)4-5-27)3-6-31-15(9-29-20)7-17(22(34)10-32)18(11-37-2)25(31)35/h3,7-10,21-22,33-34H,4-6,11-13H2,1-2H3,(H,30,36)/b16-3+,29-9+. The van der Waals surface area contributed by atoms with Crippen LogP contribution in [0.25, 0.3) is 5.57 Å². The summed E-state index contributed by atoms with van der Waals surface area (Å²) in [6, 6.07) is 2.39. The van der Waals surface area contributed by atoms with Crippen molar-refractivity contribution < 1.29 is 28.9 Å². The maximum atomic E-state index is 14.9. The lowest BCUT2D eigenvalue weighted by atomic mass is 9.93. The first-order valence-corrected chi connectivity index (χ1v) is 13.2. The highest BCUT2D eigenvalue weighted by Crippen LogP contribution is 2.48. The lowest BCUT2D eigenvalue weighted by Crippen LogP contribution is -2.44. The molecule has 0 radical (unpaired) electrons. The van der Waals surface area contributed by atoms with Gasteiger partial charge in [0.25, 0.3) is 5.56 Å². The average Bonchev–Trinajstić information content (AvgIpc) is 3.71. The van der Waals surface area contributed by atoms with E-state index in [1.54, 1.807) is 6.92 Å². The van der Waals surface area contributed by atoms with Gasteiger partial charge in [0, 0.05) is 47.1 Å². The van der Waals surface area contributed by atoms with E-state index in [-0.39, 0.29) is 36.8 Å². The minimum Gasteiger partial charge on any atom is -0.395 e. The van der Waals surface area contributed by atoms with Gasteiger partial charge < -0.3 is 29.6 Å². The Balaban J connectivity index is 1.68. The van der Waals surface area contributed by atoms with Crippen molar-refractivity contribution in [3.05, 3.63) is 62.3 Å². The van der Waals surface area contributed by atoms with Gasteiger partial charge in [-0.3, -0.25) is 14.6 Å². The molecular formula is C27H28FN3O6S. The number of rotatable bonds is 7. The molecule has 2 aliphatic heterocycles. The molecule has 0 spiro atoms. The van der Waals surface area contributed by atoms with Crippen LogP contribution in [-0.2, 0) is 27.5 Å². The minimum absolute atomic E-state index is 0.0984. The SMILES string of the molecule is COCc1c(C(O)C=O)cc2n(c1=O)C/C=C1/c3c(cc(F)c(C)c3SCC1NC(=O)C1(CO)CC1)/N=C/2. The molecule has 1 saturated carbocycles. The largest absolute Gasteiger partial charge is 0.395 e. The number of aldehydes is 1. The molecule has 38 heavy (non-hydrogen) atoms. The third kappa shape index (κ3) is 4.43. The van der Waals surface area contributed by atoms with Crippen molar-refractivity contribution in [1.82, 2.24) is 9.88 Å². The van der Waals surface area contributed by atoms with Gasteiger partial charge >= 0.3 is 0 Å². The summed E-state index contributed by atoms with van der Waals surface area (Å²) < 4.78 is 21.5. The molecule has 200 valence electrons. The van der Waals surface area contributed by atoms with Crippen molar-refractivity contribution >= 4 is 41.4 Å². The van der Waals surface area contributed by atoms with Crippen molar-refractivity contribution in [2.75, 3.05) is 19.5 Å². The fourth-order valence-electron chi connectivity index (χ4n) is 4.96. The van der Waals surface area contributed by atoms with Crippen molar-refractivity contribution in [3.8, 4) is 0 Å². The van der Waals surface area contributed by atoms with Gasteiger partial charge in [-0.05, 0) is 37.0 Å². The number of aliphatic hydroxyl groups excluding tert-OH is 2. The molecule has 2 aromatic rings. The normalized spacial score (nSPS) is 21.9. The molecule has 0 saturated heterocycles. The van der Waals surface area contributed by atoms with E-state index in [0.29, 0.717) is 57.9 Å². The first-order valence-electron chi connectivity index (χ1n) is 12.3. The Morgan fingerprint density at radius 1 is 1.42 bits per heavy atom. The van der Waals surface area contributed by atoms with Crippen LogP contribution in [0, 0.1) is 18.2 Å². The second kappa shape index (κ2) is 10.2. The number of carbonyl (C=O) groups excluding carboxylic acids is 2. The summed E-state index contributed by atoms with van der Waals surface area (Å²) in [5.41, 5.74) is 1.56. The zero-order chi connectivity index (χ0) is 27.2. The summed E-state index contributed by atoms with van der Waals surface area (Å²) in [5.74, 6) is -0.210. The van der Waals surface area contributed by atoms with Gasteiger partial charge in [0.2, 0.25) is 5.91 Å². The maximum absolute atomic E-state index is 14.9. The Kier molecular flexibility index (Phi) is 7.12. The highest BCUT2D eigenvalue weighted by atomic mass is 32.2. The van der Waals surface area contributed by atoms with Gasteiger partial charge in [-0.15, -0.1) is 11.8 Å². The predicted molar refractivity (Wildman–Crippen MR) is 140 cm³/mol. The molecule has 2 atom stereocenters. The zero-order valence-corrected chi connectivity index (χ0v) is 21.8. The van der Waals surface area contributed by atoms with Gasteiger partial charge in [0.05, 0.1) is 42.3 Å². The number of carbonyl (C=O) groups is 2. The number of aromatic nitrogens is 1. The smallest absolute Gasteiger partial charge is 0.257 e. The Hall–Kier alpha value is -3.12. The van der Waals surface area contributed by atoms with Crippen molar-refractivity contribution in [3.63, 3.8) is 0 Å². The number of allylic oxidation sites excluding steroid dienone is 1. The number of benzene rings is 1. The summed E-state index contributed by atoms with van der Waals surface area (Å²) in [4.78, 5) is 43.2. The summed E-state index contributed by atoms with van der Waals surface area (Å²) in [6.45, 7) is 1.45. The molecule has 1 aromatic heterocycles. The highest BCUT2D eigenvalue weighted by Gasteiger charge is 2.50. The summed E-state index contributed by atoms with van der Waals surface area (Å²) in [6.07, 6.45) is 3.28. The molecule has 1 aliphatic carbocycles. The van der Waals surface area contributed by atoms with E-state index in [9.17, 15) is 29.0 Å². The van der Waals surface area contributed by atoms with Crippen LogP contribution < -0.4 is 10.9 Å². The lowest BCUT2D eigenvalue weighted by Gasteiger charge is -2.31. The number of methoxy groups -OCH3 is 1. The van der Waals surface area contributed by atoms with Crippen LogP contribution in [-0.4, -0.2) is 58.7 Å². The number of aliphatic hydroxyl groups is 2. The van der Waals surface area contributed by atoms with Crippen LogP contribution in [0.1, 0.15) is 46.9 Å². The van der Waals surface area contributed by atoms with Crippen molar-refractivity contribution in [1.29, 1.82) is 0 Å². The number of pyridine rings is 1. The molecule has 3 N–H and O–H groups in total. The number of halogens is 1. The zero-order valence-electron chi connectivity index (χ0n) is 21.0. The molecule has 0 bridgehead atoms. The van der Waals surface area contributed by atoms with E-state index in [0.717, 1.165) is 0 Å². The Morgan fingerprint density at radius 3 is 2.84 bits per heavy atom. The molecule has 1 fully saturated rings. The Labute approximate surface area is 222 Å². The number of aliphatic imine (C=N–C) groups is 1. The summed E-state index contributed by atoms with van der Waals surface area (Å²) >= 11 is 1.42. The van der Waals surface area contributed by atoms with Crippen LogP contribution >= 0.6 is 11.8 Å². The number of fused-ring (bicyclic) bond motifs is 1. The molecule has 3 heterocycles. The van der Waals surface area contributed by atoms with E-state index in [4.69, 9.17) is 4.74 Å². The Morgan fingerprint density at radius 2 is 2.18 bits per heavy atom.